The fraction of sp³-hybridized carbons (Fsp3) is 0.214. The number of amides is 1. The molecule has 9 heteroatoms. The molecule has 0 aliphatic carbocycles. The summed E-state index contributed by atoms with van der Waals surface area (Å²) >= 11 is 0. The van der Waals surface area contributed by atoms with Gasteiger partial charge in [0.05, 0.1) is 11.0 Å². The average molecular weight is 313 g/mol. The number of benzene rings is 1. The molecule has 0 fully saturated rings. The summed E-state index contributed by atoms with van der Waals surface area (Å²) in [5.74, 6) is 0.243. The van der Waals surface area contributed by atoms with E-state index in [0.29, 0.717) is 17.0 Å². The molecular formula is C14H15N7O2. The molecule has 3 rings (SSSR count). The number of nitrogens with zero attached hydrogens (tertiary/aromatic N) is 5. The molecule has 9 nitrogen and oxygen atoms in total. The van der Waals surface area contributed by atoms with Gasteiger partial charge in [0, 0.05) is 5.71 Å². The molecule has 1 aromatic carbocycles. The predicted octanol–water partition coefficient (Wildman–Crippen LogP) is 1.18. The van der Waals surface area contributed by atoms with Gasteiger partial charge in [-0.3, -0.25) is 4.79 Å². The number of carbonyl (C=O) groups excluding carboxylic acids is 1. The van der Waals surface area contributed by atoms with E-state index in [1.807, 2.05) is 24.3 Å². The van der Waals surface area contributed by atoms with E-state index >= 15 is 0 Å². The minimum absolute atomic E-state index is 0.0128. The molecule has 23 heavy (non-hydrogen) atoms. The Morgan fingerprint density at radius 2 is 2.13 bits per heavy atom. The van der Waals surface area contributed by atoms with Crippen LogP contribution in [0.25, 0.3) is 22.6 Å². The summed E-state index contributed by atoms with van der Waals surface area (Å²) < 4.78 is 6.33. The number of hydrogen-bond acceptors (Lipinski definition) is 7. The van der Waals surface area contributed by atoms with Crippen LogP contribution in [0.3, 0.4) is 0 Å². The molecule has 0 saturated carbocycles. The van der Waals surface area contributed by atoms with Crippen molar-refractivity contribution in [2.45, 2.75) is 20.4 Å². The first kappa shape index (κ1) is 14.7. The number of anilines is 1. The summed E-state index contributed by atoms with van der Waals surface area (Å²) in [5.41, 5.74) is 10.8. The summed E-state index contributed by atoms with van der Waals surface area (Å²) in [5, 5.41) is 11.2. The van der Waals surface area contributed by atoms with E-state index in [1.54, 1.807) is 18.4 Å². The Morgan fingerprint density at radius 1 is 1.35 bits per heavy atom. The molecule has 0 atom stereocenters. The molecule has 0 spiro atoms. The predicted molar refractivity (Wildman–Crippen MR) is 84.4 cm³/mol. The van der Waals surface area contributed by atoms with Crippen LogP contribution < -0.4 is 11.2 Å². The second kappa shape index (κ2) is 5.87. The molecule has 0 radical (unpaired) electrons. The number of fused-ring (bicyclic) bond motifs is 1. The smallest absolute Gasteiger partial charge is 0.260 e. The van der Waals surface area contributed by atoms with Gasteiger partial charge in [-0.15, -0.1) is 0 Å². The zero-order valence-electron chi connectivity index (χ0n) is 12.6. The molecule has 0 aliphatic heterocycles. The Morgan fingerprint density at radius 3 is 2.83 bits per heavy atom. The van der Waals surface area contributed by atoms with Crippen LogP contribution in [-0.4, -0.2) is 31.5 Å². The number of para-hydroxylation sites is 2. The Kier molecular flexibility index (Phi) is 3.75. The first-order chi connectivity index (χ1) is 11.1. The molecule has 3 N–H and O–H groups in total. The van der Waals surface area contributed by atoms with Gasteiger partial charge in [0.15, 0.2) is 17.3 Å². The van der Waals surface area contributed by atoms with E-state index in [1.165, 1.54) is 0 Å². The number of nitrogen functional groups attached to an aromatic ring is 1. The van der Waals surface area contributed by atoms with E-state index in [0.717, 1.165) is 11.2 Å². The summed E-state index contributed by atoms with van der Waals surface area (Å²) in [6.45, 7) is 3.60. The quantitative estimate of drug-likeness (QED) is 0.550. The van der Waals surface area contributed by atoms with Crippen LogP contribution in [0.15, 0.2) is 34.0 Å². The maximum absolute atomic E-state index is 12.1. The highest BCUT2D eigenvalue weighted by Crippen LogP contribution is 2.26. The lowest BCUT2D eigenvalue weighted by molar-refractivity contribution is -0.121. The van der Waals surface area contributed by atoms with Gasteiger partial charge < -0.3 is 10.3 Å². The largest absolute Gasteiger partial charge is 0.379 e. The van der Waals surface area contributed by atoms with Crippen LogP contribution in [0, 0.1) is 0 Å². The number of carbonyl (C=O) groups is 1. The van der Waals surface area contributed by atoms with Gasteiger partial charge >= 0.3 is 0 Å². The second-order valence-electron chi connectivity index (χ2n) is 5.10. The third kappa shape index (κ3) is 2.89. The zero-order chi connectivity index (χ0) is 16.4. The fourth-order valence-corrected chi connectivity index (χ4v) is 2.12. The molecule has 118 valence electrons. The molecule has 2 aromatic heterocycles. The highest BCUT2D eigenvalue weighted by molar-refractivity contribution is 5.86. The van der Waals surface area contributed by atoms with Crippen LogP contribution in [0.1, 0.15) is 13.8 Å². The first-order valence-corrected chi connectivity index (χ1v) is 6.89. The fourth-order valence-electron chi connectivity index (χ4n) is 2.12. The number of aromatic nitrogens is 4. The lowest BCUT2D eigenvalue weighted by Crippen LogP contribution is -2.24. The van der Waals surface area contributed by atoms with Gasteiger partial charge in [-0.05, 0) is 36.3 Å². The van der Waals surface area contributed by atoms with Crippen molar-refractivity contribution in [2.75, 3.05) is 5.73 Å². The molecule has 0 bridgehead atoms. The molecule has 0 unspecified atom stereocenters. The Balaban J connectivity index is 2.05. The third-order valence-corrected chi connectivity index (χ3v) is 3.09. The summed E-state index contributed by atoms with van der Waals surface area (Å²) in [6, 6.07) is 7.42. The maximum Gasteiger partial charge on any atom is 0.260 e. The zero-order valence-corrected chi connectivity index (χ0v) is 12.6. The van der Waals surface area contributed by atoms with E-state index in [4.69, 9.17) is 5.73 Å². The number of hydrazone groups is 1. The molecule has 0 saturated heterocycles. The van der Waals surface area contributed by atoms with Crippen LogP contribution >= 0.6 is 0 Å². The standard InChI is InChI=1S/C14H15N7O2/c1-8(2)17-18-11(22)7-21-10-6-4-3-5-9(10)16-14(21)12-13(15)20-23-19-12/h3-6H,7H2,1-2H3,(H2,15,20)(H,18,22). The highest BCUT2D eigenvalue weighted by Gasteiger charge is 2.20. The maximum atomic E-state index is 12.1. The van der Waals surface area contributed by atoms with E-state index in [2.05, 4.69) is 30.5 Å². The molecule has 0 aliphatic rings. The van der Waals surface area contributed by atoms with Gasteiger partial charge in [0.25, 0.3) is 5.91 Å². The van der Waals surface area contributed by atoms with Crippen LogP contribution in [0.4, 0.5) is 5.82 Å². The number of rotatable bonds is 4. The first-order valence-electron chi connectivity index (χ1n) is 6.89. The van der Waals surface area contributed by atoms with Gasteiger partial charge in [-0.25, -0.2) is 15.0 Å². The summed E-state index contributed by atoms with van der Waals surface area (Å²) in [6.07, 6.45) is 0. The van der Waals surface area contributed by atoms with Crippen LogP contribution in [0.5, 0.6) is 0 Å². The minimum Gasteiger partial charge on any atom is -0.379 e. The van der Waals surface area contributed by atoms with Gasteiger partial charge in [0.1, 0.15) is 6.54 Å². The molecule has 2 heterocycles. The number of nitrogens with two attached hydrogens (primary N) is 1. The van der Waals surface area contributed by atoms with Gasteiger partial charge in [-0.1, -0.05) is 12.1 Å². The van der Waals surface area contributed by atoms with Gasteiger partial charge in [-0.2, -0.15) is 5.10 Å². The SMILES string of the molecule is CC(C)=NNC(=O)Cn1c(-c2nonc2N)nc2ccccc21. The number of imidazole rings is 1. The van der Waals surface area contributed by atoms with Crippen molar-refractivity contribution >= 4 is 28.5 Å². The van der Waals surface area contributed by atoms with Crippen molar-refractivity contribution in [3.05, 3.63) is 24.3 Å². The lowest BCUT2D eigenvalue weighted by atomic mass is 10.3. The monoisotopic (exact) mass is 313 g/mol. The molecule has 3 aromatic rings. The third-order valence-electron chi connectivity index (χ3n) is 3.09. The average Bonchev–Trinajstić information content (AvgIpc) is 3.09. The molecular weight excluding hydrogens is 298 g/mol. The van der Waals surface area contributed by atoms with Crippen LogP contribution in [-0.2, 0) is 11.3 Å². The van der Waals surface area contributed by atoms with E-state index in [-0.39, 0.29) is 18.3 Å². The second-order valence-corrected chi connectivity index (χ2v) is 5.10. The van der Waals surface area contributed by atoms with Crippen molar-refractivity contribution in [3.8, 4) is 11.5 Å². The minimum atomic E-state index is -0.286. The Hall–Kier alpha value is -3.23. The summed E-state index contributed by atoms with van der Waals surface area (Å²) in [7, 11) is 0. The van der Waals surface area contributed by atoms with Gasteiger partial charge in [0.2, 0.25) is 0 Å². The van der Waals surface area contributed by atoms with E-state index in [9.17, 15) is 4.79 Å². The molecule has 1 amide bonds. The van der Waals surface area contributed by atoms with Crippen molar-refractivity contribution in [2.24, 2.45) is 5.10 Å². The highest BCUT2D eigenvalue weighted by atomic mass is 16.6. The lowest BCUT2D eigenvalue weighted by Gasteiger charge is -2.06. The Labute approximate surface area is 131 Å². The topological polar surface area (TPSA) is 124 Å². The van der Waals surface area contributed by atoms with Crippen molar-refractivity contribution < 1.29 is 9.42 Å². The van der Waals surface area contributed by atoms with Crippen molar-refractivity contribution in [3.63, 3.8) is 0 Å². The van der Waals surface area contributed by atoms with Crippen LogP contribution in [0.2, 0.25) is 0 Å². The van der Waals surface area contributed by atoms with E-state index < -0.39 is 0 Å². The van der Waals surface area contributed by atoms with Crippen molar-refractivity contribution in [1.29, 1.82) is 0 Å². The Bertz CT molecular complexity index is 890. The normalized spacial score (nSPS) is 10.7. The van der Waals surface area contributed by atoms with Crippen molar-refractivity contribution in [1.82, 2.24) is 25.3 Å². The number of nitrogens with one attached hydrogen (secondary N) is 1. The summed E-state index contributed by atoms with van der Waals surface area (Å²) in [4.78, 5) is 16.6. The number of hydrogen-bond donors (Lipinski definition) is 2.